The summed E-state index contributed by atoms with van der Waals surface area (Å²) in [4.78, 5) is 0. The maximum absolute atomic E-state index is 14.3. The Morgan fingerprint density at radius 3 is 1.68 bits per heavy atom. The predicted octanol–water partition coefficient (Wildman–Crippen LogP) is 6.51. The molecule has 3 rings (SSSR count). The van der Waals surface area contributed by atoms with Gasteiger partial charge in [-0.05, 0) is 79.1 Å². The van der Waals surface area contributed by atoms with E-state index in [1.54, 1.807) is 19.2 Å². The SMILES string of the molecule is CCCCCc1cc(F)c(C#Cc2ccc(C#Cc3ccc(OC)cc3)cc2)c(F)c1. The molecule has 3 aromatic carbocycles. The smallest absolute Gasteiger partial charge is 0.142 e. The third-order valence-corrected chi connectivity index (χ3v) is 4.83. The molecule has 1 nitrogen and oxygen atoms in total. The molecule has 0 amide bonds. The monoisotopic (exact) mass is 414 g/mol. The highest BCUT2D eigenvalue weighted by atomic mass is 19.1. The summed E-state index contributed by atoms with van der Waals surface area (Å²) in [6.45, 7) is 2.10. The van der Waals surface area contributed by atoms with E-state index in [2.05, 4.69) is 30.6 Å². The van der Waals surface area contributed by atoms with Gasteiger partial charge in [-0.25, -0.2) is 8.78 Å². The molecule has 0 N–H and O–H groups in total. The van der Waals surface area contributed by atoms with Crippen LogP contribution in [0, 0.1) is 35.3 Å². The van der Waals surface area contributed by atoms with Crippen molar-refractivity contribution in [3.63, 3.8) is 0 Å². The van der Waals surface area contributed by atoms with Gasteiger partial charge in [-0.2, -0.15) is 0 Å². The van der Waals surface area contributed by atoms with Gasteiger partial charge in [-0.15, -0.1) is 0 Å². The summed E-state index contributed by atoms with van der Waals surface area (Å²) in [5.74, 6) is 11.2. The molecule has 0 radical (unpaired) electrons. The van der Waals surface area contributed by atoms with Gasteiger partial charge in [0, 0.05) is 16.7 Å². The first kappa shape index (κ1) is 22.1. The highest BCUT2D eigenvalue weighted by Gasteiger charge is 2.09. The number of benzene rings is 3. The fourth-order valence-corrected chi connectivity index (χ4v) is 3.06. The number of unbranched alkanes of at least 4 members (excludes halogenated alkanes) is 2. The second kappa shape index (κ2) is 11.0. The predicted molar refractivity (Wildman–Crippen MR) is 121 cm³/mol. The Hall–Kier alpha value is -3.56. The fraction of sp³-hybridized carbons (Fsp3) is 0.214. The lowest BCUT2D eigenvalue weighted by Crippen LogP contribution is -1.95. The van der Waals surface area contributed by atoms with Crippen molar-refractivity contribution in [2.24, 2.45) is 0 Å². The van der Waals surface area contributed by atoms with Crippen molar-refractivity contribution in [2.45, 2.75) is 32.6 Å². The van der Waals surface area contributed by atoms with Gasteiger partial charge in [-0.3, -0.25) is 0 Å². The summed E-state index contributed by atoms with van der Waals surface area (Å²) >= 11 is 0. The third kappa shape index (κ3) is 6.46. The van der Waals surface area contributed by atoms with Crippen LogP contribution in [0.25, 0.3) is 0 Å². The fourth-order valence-electron chi connectivity index (χ4n) is 3.06. The van der Waals surface area contributed by atoms with Crippen LogP contribution in [0.1, 0.15) is 54.0 Å². The molecule has 0 aliphatic rings. The van der Waals surface area contributed by atoms with Gasteiger partial charge >= 0.3 is 0 Å². The molecule has 0 aliphatic heterocycles. The zero-order valence-electron chi connectivity index (χ0n) is 17.8. The minimum absolute atomic E-state index is 0.192. The number of hydrogen-bond donors (Lipinski definition) is 0. The standard InChI is InChI=1S/C28H24F2O/c1-3-4-5-6-24-19-27(29)26(28(30)20-24)18-15-22-10-7-21(8-11-22)9-12-23-13-16-25(31-2)17-14-23/h7-8,10-11,13-14,16-17,19-20H,3-6H2,1-2H3. The highest BCUT2D eigenvalue weighted by Crippen LogP contribution is 2.17. The molecule has 0 aliphatic carbocycles. The zero-order chi connectivity index (χ0) is 22.1. The highest BCUT2D eigenvalue weighted by molar-refractivity contribution is 5.49. The summed E-state index contributed by atoms with van der Waals surface area (Å²) in [5, 5.41) is 0. The maximum atomic E-state index is 14.3. The molecule has 0 atom stereocenters. The molecule has 3 aromatic rings. The van der Waals surface area contributed by atoms with E-state index >= 15 is 0 Å². The first-order chi connectivity index (χ1) is 15.1. The first-order valence-corrected chi connectivity index (χ1v) is 10.3. The van der Waals surface area contributed by atoms with Gasteiger partial charge in [0.2, 0.25) is 0 Å². The number of ether oxygens (including phenoxy) is 1. The van der Waals surface area contributed by atoms with Crippen molar-refractivity contribution in [1.82, 2.24) is 0 Å². The Balaban J connectivity index is 1.70. The van der Waals surface area contributed by atoms with E-state index in [4.69, 9.17) is 4.74 Å². The third-order valence-electron chi connectivity index (χ3n) is 4.83. The van der Waals surface area contributed by atoms with E-state index in [1.165, 1.54) is 12.1 Å². The molecule has 0 saturated heterocycles. The van der Waals surface area contributed by atoms with Gasteiger partial charge < -0.3 is 4.74 Å². The van der Waals surface area contributed by atoms with Crippen molar-refractivity contribution in [1.29, 1.82) is 0 Å². The van der Waals surface area contributed by atoms with Crippen LogP contribution in [0.2, 0.25) is 0 Å². The number of halogens is 2. The molecule has 0 heterocycles. The van der Waals surface area contributed by atoms with Crippen LogP contribution in [0.5, 0.6) is 5.75 Å². The largest absolute Gasteiger partial charge is 0.497 e. The first-order valence-electron chi connectivity index (χ1n) is 10.3. The van der Waals surface area contributed by atoms with E-state index in [-0.39, 0.29) is 5.56 Å². The van der Waals surface area contributed by atoms with E-state index in [0.717, 1.165) is 36.1 Å². The molecular formula is C28H24F2O. The van der Waals surface area contributed by atoms with Crippen LogP contribution in [-0.4, -0.2) is 7.11 Å². The number of methoxy groups -OCH3 is 1. The average Bonchev–Trinajstić information content (AvgIpc) is 2.78. The molecular weight excluding hydrogens is 390 g/mol. The molecule has 0 saturated carbocycles. The minimum atomic E-state index is -0.610. The Labute approximate surface area is 183 Å². The lowest BCUT2D eigenvalue weighted by Gasteiger charge is -2.04. The molecule has 0 bridgehead atoms. The van der Waals surface area contributed by atoms with Crippen LogP contribution in [0.3, 0.4) is 0 Å². The van der Waals surface area contributed by atoms with E-state index in [0.29, 0.717) is 17.5 Å². The van der Waals surface area contributed by atoms with Crippen LogP contribution in [0.4, 0.5) is 8.78 Å². The number of rotatable bonds is 5. The second-order valence-electron chi connectivity index (χ2n) is 7.20. The minimum Gasteiger partial charge on any atom is -0.497 e. The second-order valence-corrected chi connectivity index (χ2v) is 7.20. The van der Waals surface area contributed by atoms with Gasteiger partial charge in [0.25, 0.3) is 0 Å². The topological polar surface area (TPSA) is 9.23 Å². The Bertz CT molecular complexity index is 1120. The Morgan fingerprint density at radius 1 is 0.710 bits per heavy atom. The Morgan fingerprint density at radius 2 is 1.19 bits per heavy atom. The summed E-state index contributed by atoms with van der Waals surface area (Å²) in [5.41, 5.74) is 2.86. The molecule has 0 fully saturated rings. The normalized spacial score (nSPS) is 9.94. The van der Waals surface area contributed by atoms with Gasteiger partial charge in [0.15, 0.2) is 0 Å². The molecule has 0 unspecified atom stereocenters. The van der Waals surface area contributed by atoms with Crippen molar-refractivity contribution in [3.05, 3.63) is 100 Å². The van der Waals surface area contributed by atoms with Crippen LogP contribution in [-0.2, 0) is 6.42 Å². The van der Waals surface area contributed by atoms with E-state index in [9.17, 15) is 8.78 Å². The number of aryl methyl sites for hydroxylation is 1. The van der Waals surface area contributed by atoms with Crippen molar-refractivity contribution in [2.75, 3.05) is 7.11 Å². The van der Waals surface area contributed by atoms with Gasteiger partial charge in [0.1, 0.15) is 17.4 Å². The number of hydrogen-bond acceptors (Lipinski definition) is 1. The molecule has 3 heteroatoms. The lowest BCUT2D eigenvalue weighted by atomic mass is 10.0. The molecule has 0 aromatic heterocycles. The van der Waals surface area contributed by atoms with E-state index in [1.807, 2.05) is 36.4 Å². The van der Waals surface area contributed by atoms with Gasteiger partial charge in [0.05, 0.1) is 12.7 Å². The summed E-state index contributed by atoms with van der Waals surface area (Å²) < 4.78 is 33.8. The summed E-state index contributed by atoms with van der Waals surface area (Å²) in [7, 11) is 1.62. The van der Waals surface area contributed by atoms with Crippen molar-refractivity contribution < 1.29 is 13.5 Å². The quantitative estimate of drug-likeness (QED) is 0.342. The van der Waals surface area contributed by atoms with Crippen LogP contribution < -0.4 is 4.74 Å². The molecule has 0 spiro atoms. The summed E-state index contributed by atoms with van der Waals surface area (Å²) in [6, 6.07) is 17.5. The summed E-state index contributed by atoms with van der Waals surface area (Å²) in [6.07, 6.45) is 3.72. The Kier molecular flexibility index (Phi) is 7.85. The van der Waals surface area contributed by atoms with Crippen LogP contribution >= 0.6 is 0 Å². The van der Waals surface area contributed by atoms with E-state index < -0.39 is 11.6 Å². The maximum Gasteiger partial charge on any atom is 0.142 e. The van der Waals surface area contributed by atoms with Crippen molar-refractivity contribution in [3.8, 4) is 29.4 Å². The van der Waals surface area contributed by atoms with Gasteiger partial charge in [-0.1, -0.05) is 43.4 Å². The lowest BCUT2D eigenvalue weighted by molar-refractivity contribution is 0.415. The molecule has 31 heavy (non-hydrogen) atoms. The molecule has 156 valence electrons. The zero-order valence-corrected chi connectivity index (χ0v) is 17.8. The van der Waals surface area contributed by atoms with Crippen molar-refractivity contribution >= 4 is 0 Å². The average molecular weight is 414 g/mol. The van der Waals surface area contributed by atoms with Crippen LogP contribution in [0.15, 0.2) is 60.7 Å².